The van der Waals surface area contributed by atoms with Gasteiger partial charge in [0.15, 0.2) is 14.1 Å². The molecule has 1 amide bonds. The van der Waals surface area contributed by atoms with Crippen LogP contribution in [0.2, 0.25) is 18.1 Å². The van der Waals surface area contributed by atoms with Crippen LogP contribution >= 0.6 is 0 Å². The van der Waals surface area contributed by atoms with Crippen LogP contribution in [0, 0.1) is 0 Å². The number of carbonyl (C=O) groups excluding carboxylic acids is 1. The van der Waals surface area contributed by atoms with Gasteiger partial charge in [0.05, 0.1) is 41.7 Å². The van der Waals surface area contributed by atoms with Crippen LogP contribution in [0.3, 0.4) is 0 Å². The molecule has 4 rings (SSSR count). The van der Waals surface area contributed by atoms with Crippen molar-refractivity contribution in [1.29, 1.82) is 0 Å². The van der Waals surface area contributed by atoms with E-state index in [1.165, 1.54) is 4.90 Å². The van der Waals surface area contributed by atoms with Gasteiger partial charge in [0.2, 0.25) is 5.91 Å². The van der Waals surface area contributed by atoms with Crippen molar-refractivity contribution in [2.75, 3.05) is 34.8 Å². The minimum Gasteiger partial charge on any atom is -0.409 e. The van der Waals surface area contributed by atoms with E-state index in [2.05, 4.69) is 54.0 Å². The van der Waals surface area contributed by atoms with Crippen molar-refractivity contribution in [3.63, 3.8) is 0 Å². The van der Waals surface area contributed by atoms with Gasteiger partial charge in [-0.05, 0) is 58.0 Å². The molecular formula is C28H41F3N6O3Si. The van der Waals surface area contributed by atoms with Crippen molar-refractivity contribution in [2.24, 2.45) is 0 Å². The second-order valence-electron chi connectivity index (χ2n) is 13.0. The number of amides is 1. The summed E-state index contributed by atoms with van der Waals surface area (Å²) in [4.78, 5) is 31.1. The zero-order valence-electron chi connectivity index (χ0n) is 25.3. The quantitative estimate of drug-likeness (QED) is 0.394. The number of pyridine rings is 1. The SMILES string of the molecule is C[C@@H]1CN(c2ccc(N3C(=O)C(C)(C)c4c(NCC(F)(F)F)nc(CO[Si](C)(C)C(C)(C)C)nc43)cn2)C[C@H](C)O1. The van der Waals surface area contributed by atoms with Crippen LogP contribution in [0.15, 0.2) is 18.3 Å². The molecule has 9 nitrogen and oxygen atoms in total. The zero-order valence-corrected chi connectivity index (χ0v) is 26.3. The smallest absolute Gasteiger partial charge is 0.405 e. The summed E-state index contributed by atoms with van der Waals surface area (Å²) in [6, 6.07) is 3.62. The molecule has 2 aliphatic heterocycles. The number of fused-ring (bicyclic) bond motifs is 1. The van der Waals surface area contributed by atoms with Gasteiger partial charge >= 0.3 is 6.18 Å². The number of morpholine rings is 1. The molecule has 1 N–H and O–H groups in total. The summed E-state index contributed by atoms with van der Waals surface area (Å²) < 4.78 is 51.9. The van der Waals surface area contributed by atoms with Crippen LogP contribution < -0.4 is 15.1 Å². The standard InChI is InChI=1S/C28H41F3N6O3Si/c1-17-13-36(14-18(2)40-17)21-11-10-19(12-32-21)37-24-22(27(6,7)25(37)38)23(33-16-28(29,30)31)34-20(35-24)15-39-41(8,9)26(3,4)5/h10-12,17-18H,13-16H2,1-9H3,(H,33,34,35)/t17-,18+. The minimum absolute atomic E-state index is 0.0114. The Hall–Kier alpha value is -2.77. The third kappa shape index (κ3) is 6.51. The molecule has 1 fully saturated rings. The Balaban J connectivity index is 1.74. The molecule has 4 heterocycles. The van der Waals surface area contributed by atoms with E-state index in [0.717, 1.165) is 5.82 Å². The van der Waals surface area contributed by atoms with Crippen molar-refractivity contribution >= 4 is 37.4 Å². The Morgan fingerprint density at radius 2 is 1.76 bits per heavy atom. The van der Waals surface area contributed by atoms with Gasteiger partial charge in [0.1, 0.15) is 24.0 Å². The fraction of sp³-hybridized carbons (Fsp3) is 0.643. The molecule has 0 spiro atoms. The van der Waals surface area contributed by atoms with E-state index in [0.29, 0.717) is 24.3 Å². The Bertz CT molecular complexity index is 1270. The summed E-state index contributed by atoms with van der Waals surface area (Å²) in [5.74, 6) is 0.831. The van der Waals surface area contributed by atoms with Crippen LogP contribution in [-0.2, 0) is 26.0 Å². The normalized spacial score (nSPS) is 21.3. The average Bonchev–Trinajstić information content (AvgIpc) is 3.04. The van der Waals surface area contributed by atoms with Crippen molar-refractivity contribution < 1.29 is 27.1 Å². The highest BCUT2D eigenvalue weighted by Gasteiger charge is 2.49. The Morgan fingerprint density at radius 3 is 2.29 bits per heavy atom. The van der Waals surface area contributed by atoms with Gasteiger partial charge in [-0.1, -0.05) is 20.8 Å². The molecule has 13 heteroatoms. The van der Waals surface area contributed by atoms with Crippen LogP contribution in [0.5, 0.6) is 0 Å². The van der Waals surface area contributed by atoms with Crippen molar-refractivity contribution in [2.45, 2.75) is 97.0 Å². The second kappa shape index (κ2) is 10.8. The lowest BCUT2D eigenvalue weighted by Crippen LogP contribution is -2.45. The number of anilines is 4. The first kappa shape index (κ1) is 31.2. The molecule has 0 saturated carbocycles. The van der Waals surface area contributed by atoms with E-state index in [-0.39, 0.29) is 47.2 Å². The molecule has 1 saturated heterocycles. The number of hydrogen-bond donors (Lipinski definition) is 1. The first-order valence-electron chi connectivity index (χ1n) is 13.9. The highest BCUT2D eigenvalue weighted by Crippen LogP contribution is 2.47. The predicted octanol–water partition coefficient (Wildman–Crippen LogP) is 5.94. The number of nitrogens with one attached hydrogen (secondary N) is 1. The number of ether oxygens (including phenoxy) is 1. The van der Waals surface area contributed by atoms with Gasteiger partial charge in [-0.15, -0.1) is 0 Å². The minimum atomic E-state index is -4.48. The van der Waals surface area contributed by atoms with E-state index in [1.54, 1.807) is 26.1 Å². The first-order valence-corrected chi connectivity index (χ1v) is 16.8. The van der Waals surface area contributed by atoms with E-state index in [1.807, 2.05) is 19.9 Å². The molecule has 41 heavy (non-hydrogen) atoms. The van der Waals surface area contributed by atoms with Gasteiger partial charge in [-0.3, -0.25) is 9.69 Å². The van der Waals surface area contributed by atoms with E-state index in [4.69, 9.17) is 14.1 Å². The fourth-order valence-corrected chi connectivity index (χ4v) is 5.78. The lowest BCUT2D eigenvalue weighted by molar-refractivity contribution is -0.121. The van der Waals surface area contributed by atoms with E-state index in [9.17, 15) is 18.0 Å². The lowest BCUT2D eigenvalue weighted by Gasteiger charge is -2.36. The third-order valence-corrected chi connectivity index (χ3v) is 12.5. The maximum absolute atomic E-state index is 13.8. The van der Waals surface area contributed by atoms with Gasteiger partial charge in [-0.2, -0.15) is 13.2 Å². The molecule has 0 unspecified atom stereocenters. The van der Waals surface area contributed by atoms with E-state index >= 15 is 0 Å². The van der Waals surface area contributed by atoms with Crippen LogP contribution in [0.4, 0.5) is 36.3 Å². The molecule has 2 aliphatic rings. The molecule has 0 aromatic carbocycles. The Morgan fingerprint density at radius 1 is 1.12 bits per heavy atom. The van der Waals surface area contributed by atoms with Crippen LogP contribution in [0.1, 0.15) is 59.9 Å². The largest absolute Gasteiger partial charge is 0.409 e. The molecule has 2 aromatic heterocycles. The van der Waals surface area contributed by atoms with Crippen molar-refractivity contribution in [1.82, 2.24) is 15.0 Å². The Kier molecular flexibility index (Phi) is 8.22. The number of halogens is 3. The van der Waals surface area contributed by atoms with Gasteiger partial charge in [-0.25, -0.2) is 15.0 Å². The molecule has 0 aliphatic carbocycles. The number of alkyl halides is 3. The van der Waals surface area contributed by atoms with Gasteiger partial charge in [0, 0.05) is 13.1 Å². The molecule has 0 bridgehead atoms. The summed E-state index contributed by atoms with van der Waals surface area (Å²) in [7, 11) is -2.22. The number of nitrogens with zero attached hydrogens (tertiary/aromatic N) is 5. The van der Waals surface area contributed by atoms with E-state index < -0.39 is 26.5 Å². The van der Waals surface area contributed by atoms with Crippen LogP contribution in [0.25, 0.3) is 0 Å². The summed E-state index contributed by atoms with van der Waals surface area (Å²) in [5.41, 5.74) is -0.407. The summed E-state index contributed by atoms with van der Waals surface area (Å²) in [6.07, 6.45) is -2.77. The maximum Gasteiger partial charge on any atom is 0.405 e. The van der Waals surface area contributed by atoms with Crippen molar-refractivity contribution in [3.8, 4) is 0 Å². The second-order valence-corrected chi connectivity index (χ2v) is 17.8. The highest BCUT2D eigenvalue weighted by molar-refractivity contribution is 6.74. The van der Waals surface area contributed by atoms with Gasteiger partial charge in [0.25, 0.3) is 0 Å². The predicted molar refractivity (Wildman–Crippen MR) is 155 cm³/mol. The summed E-state index contributed by atoms with van der Waals surface area (Å²) in [6.45, 7) is 17.9. The van der Waals surface area contributed by atoms with Crippen molar-refractivity contribution in [3.05, 3.63) is 29.7 Å². The fourth-order valence-electron chi connectivity index (χ4n) is 4.85. The molecule has 0 radical (unpaired) electrons. The van der Waals surface area contributed by atoms with Crippen LogP contribution in [-0.4, -0.2) is 67.2 Å². The number of aromatic nitrogens is 3. The summed E-state index contributed by atoms with van der Waals surface area (Å²) >= 11 is 0. The number of hydrogen-bond acceptors (Lipinski definition) is 8. The molecular weight excluding hydrogens is 553 g/mol. The lowest BCUT2D eigenvalue weighted by atomic mass is 9.87. The molecule has 2 atom stereocenters. The van der Waals surface area contributed by atoms with Gasteiger partial charge < -0.3 is 19.4 Å². The molecule has 226 valence electrons. The number of carbonyl (C=O) groups is 1. The first-order chi connectivity index (χ1) is 18.8. The zero-order chi connectivity index (χ0) is 30.5. The number of rotatable bonds is 7. The highest BCUT2D eigenvalue weighted by atomic mass is 28.4. The average molecular weight is 595 g/mol. The Labute approximate surface area is 241 Å². The third-order valence-electron chi connectivity index (χ3n) is 8.07. The maximum atomic E-state index is 13.8. The molecule has 2 aromatic rings. The monoisotopic (exact) mass is 594 g/mol. The topological polar surface area (TPSA) is 92.7 Å². The summed E-state index contributed by atoms with van der Waals surface area (Å²) in [5, 5.41) is 2.34.